The molecule has 1 heteroatoms. The van der Waals surface area contributed by atoms with Crippen molar-refractivity contribution in [1.82, 2.24) is 0 Å². The molecule has 0 aliphatic rings. The average molecular weight is 194 g/mol. The highest BCUT2D eigenvalue weighted by molar-refractivity contribution is 7.98. The van der Waals surface area contributed by atoms with E-state index in [9.17, 15) is 0 Å². The monoisotopic (exact) mass is 194 g/mol. The highest BCUT2D eigenvalue weighted by Crippen LogP contribution is 2.14. The molecular formula is C12H18S. The number of hydrogen-bond donors (Lipinski definition) is 0. The van der Waals surface area contributed by atoms with Gasteiger partial charge < -0.3 is 0 Å². The zero-order valence-corrected chi connectivity index (χ0v) is 9.36. The van der Waals surface area contributed by atoms with Gasteiger partial charge in [0.15, 0.2) is 0 Å². The minimum absolute atomic E-state index is 1.17. The fraction of sp³-hybridized carbons (Fsp3) is 0.500. The molecule has 1 aromatic rings. The van der Waals surface area contributed by atoms with Gasteiger partial charge in [0.25, 0.3) is 0 Å². The van der Waals surface area contributed by atoms with Gasteiger partial charge in [-0.3, -0.25) is 0 Å². The van der Waals surface area contributed by atoms with Gasteiger partial charge in [-0.1, -0.05) is 43.2 Å². The van der Waals surface area contributed by atoms with Gasteiger partial charge >= 0.3 is 0 Å². The summed E-state index contributed by atoms with van der Waals surface area (Å²) in [5, 5.41) is 0. The Balaban J connectivity index is 2.25. The van der Waals surface area contributed by atoms with E-state index in [-0.39, 0.29) is 0 Å². The van der Waals surface area contributed by atoms with E-state index in [1.165, 1.54) is 35.5 Å². The van der Waals surface area contributed by atoms with Crippen LogP contribution in [0.25, 0.3) is 0 Å². The van der Waals surface area contributed by atoms with Crippen molar-refractivity contribution in [3.05, 3.63) is 35.4 Å². The van der Waals surface area contributed by atoms with Crippen LogP contribution in [-0.2, 0) is 5.75 Å². The third kappa shape index (κ3) is 4.37. The molecule has 0 radical (unpaired) electrons. The van der Waals surface area contributed by atoms with E-state index in [2.05, 4.69) is 38.1 Å². The lowest BCUT2D eigenvalue weighted by Crippen LogP contribution is -1.83. The van der Waals surface area contributed by atoms with Crippen LogP contribution < -0.4 is 0 Å². The fourth-order valence-electron chi connectivity index (χ4n) is 1.12. The molecule has 1 rings (SSSR count). The molecule has 0 spiro atoms. The van der Waals surface area contributed by atoms with E-state index in [0.717, 1.165) is 0 Å². The molecule has 0 aliphatic carbocycles. The van der Waals surface area contributed by atoms with Crippen LogP contribution in [0.2, 0.25) is 0 Å². The molecular weight excluding hydrogens is 176 g/mol. The van der Waals surface area contributed by atoms with Crippen molar-refractivity contribution >= 4 is 11.8 Å². The average Bonchev–Trinajstić information content (AvgIpc) is 2.15. The van der Waals surface area contributed by atoms with Crippen molar-refractivity contribution < 1.29 is 0 Å². The Kier molecular flexibility index (Phi) is 4.99. The zero-order valence-electron chi connectivity index (χ0n) is 8.55. The van der Waals surface area contributed by atoms with Gasteiger partial charge in [0.2, 0.25) is 0 Å². The first kappa shape index (κ1) is 10.6. The summed E-state index contributed by atoms with van der Waals surface area (Å²) in [7, 11) is 0. The van der Waals surface area contributed by atoms with Gasteiger partial charge in [-0.15, -0.1) is 0 Å². The maximum absolute atomic E-state index is 2.24. The highest BCUT2D eigenvalue weighted by atomic mass is 32.2. The molecule has 0 saturated carbocycles. The minimum Gasteiger partial charge on any atom is -0.157 e. The lowest BCUT2D eigenvalue weighted by molar-refractivity contribution is 0.896. The van der Waals surface area contributed by atoms with Crippen molar-refractivity contribution in [2.75, 3.05) is 5.75 Å². The quantitative estimate of drug-likeness (QED) is 0.638. The minimum atomic E-state index is 1.17. The van der Waals surface area contributed by atoms with Crippen LogP contribution in [-0.4, -0.2) is 5.75 Å². The summed E-state index contributed by atoms with van der Waals surface area (Å²) in [5.74, 6) is 2.46. The van der Waals surface area contributed by atoms with Crippen LogP contribution in [0.5, 0.6) is 0 Å². The topological polar surface area (TPSA) is 0 Å². The van der Waals surface area contributed by atoms with Crippen molar-refractivity contribution in [3.8, 4) is 0 Å². The van der Waals surface area contributed by atoms with Gasteiger partial charge in [-0.2, -0.15) is 11.8 Å². The van der Waals surface area contributed by atoms with Crippen molar-refractivity contribution in [2.45, 2.75) is 32.4 Å². The first-order valence-electron chi connectivity index (χ1n) is 4.96. The Hall–Kier alpha value is -0.430. The van der Waals surface area contributed by atoms with Crippen LogP contribution >= 0.6 is 11.8 Å². The molecule has 0 nitrogen and oxygen atoms in total. The second-order valence-electron chi connectivity index (χ2n) is 3.39. The number of aryl methyl sites for hydroxylation is 1. The molecule has 0 heterocycles. The smallest absolute Gasteiger partial charge is 0.0184 e. The van der Waals surface area contributed by atoms with Crippen LogP contribution in [0.3, 0.4) is 0 Å². The van der Waals surface area contributed by atoms with Gasteiger partial charge in [-0.25, -0.2) is 0 Å². The third-order valence-electron chi connectivity index (χ3n) is 2.03. The largest absolute Gasteiger partial charge is 0.157 e. The van der Waals surface area contributed by atoms with Crippen molar-refractivity contribution in [2.24, 2.45) is 0 Å². The lowest BCUT2D eigenvalue weighted by atomic mass is 10.2. The Morgan fingerprint density at radius 2 is 1.85 bits per heavy atom. The summed E-state index contributed by atoms with van der Waals surface area (Å²) in [6, 6.07) is 8.84. The predicted octanol–water partition coefficient (Wildman–Crippen LogP) is 4.03. The first-order valence-corrected chi connectivity index (χ1v) is 6.11. The number of unbranched alkanes of at least 4 members (excludes halogenated alkanes) is 1. The summed E-state index contributed by atoms with van der Waals surface area (Å²) in [6.45, 7) is 4.38. The summed E-state index contributed by atoms with van der Waals surface area (Å²) < 4.78 is 0. The summed E-state index contributed by atoms with van der Waals surface area (Å²) >= 11 is 2.04. The normalized spacial score (nSPS) is 10.3. The van der Waals surface area contributed by atoms with E-state index >= 15 is 0 Å². The Morgan fingerprint density at radius 3 is 2.46 bits per heavy atom. The van der Waals surface area contributed by atoms with E-state index in [4.69, 9.17) is 0 Å². The maximum Gasteiger partial charge on any atom is 0.0184 e. The van der Waals surface area contributed by atoms with Gasteiger partial charge in [0.05, 0.1) is 0 Å². The number of hydrogen-bond acceptors (Lipinski definition) is 1. The van der Waals surface area contributed by atoms with E-state index < -0.39 is 0 Å². The predicted molar refractivity (Wildman–Crippen MR) is 62.2 cm³/mol. The van der Waals surface area contributed by atoms with E-state index in [1.807, 2.05) is 11.8 Å². The second-order valence-corrected chi connectivity index (χ2v) is 4.50. The number of benzene rings is 1. The van der Waals surface area contributed by atoms with Crippen molar-refractivity contribution in [3.63, 3.8) is 0 Å². The highest BCUT2D eigenvalue weighted by Gasteiger charge is 1.92. The third-order valence-corrected chi connectivity index (χ3v) is 3.15. The molecule has 0 saturated heterocycles. The molecule has 0 aliphatic heterocycles. The lowest BCUT2D eigenvalue weighted by Gasteiger charge is -2.01. The Labute approximate surface area is 85.7 Å². The summed E-state index contributed by atoms with van der Waals surface area (Å²) in [4.78, 5) is 0. The van der Waals surface area contributed by atoms with Gasteiger partial charge in [-0.05, 0) is 24.7 Å². The molecule has 0 amide bonds. The fourth-order valence-corrected chi connectivity index (χ4v) is 2.19. The maximum atomic E-state index is 2.24. The van der Waals surface area contributed by atoms with Crippen LogP contribution in [0.1, 0.15) is 30.9 Å². The summed E-state index contributed by atoms with van der Waals surface area (Å²) in [5.41, 5.74) is 2.80. The number of thioether (sulfide) groups is 1. The molecule has 0 fully saturated rings. The molecule has 0 aromatic heterocycles. The van der Waals surface area contributed by atoms with Crippen molar-refractivity contribution in [1.29, 1.82) is 0 Å². The number of rotatable bonds is 5. The molecule has 72 valence electrons. The summed E-state index contributed by atoms with van der Waals surface area (Å²) in [6.07, 6.45) is 2.65. The van der Waals surface area contributed by atoms with Crippen LogP contribution in [0.4, 0.5) is 0 Å². The second kappa shape index (κ2) is 6.09. The molecule has 0 atom stereocenters. The SMILES string of the molecule is CCCCSCc1ccc(C)cc1. The Morgan fingerprint density at radius 1 is 1.15 bits per heavy atom. The van der Waals surface area contributed by atoms with Gasteiger partial charge in [0.1, 0.15) is 0 Å². The molecule has 0 N–H and O–H groups in total. The Bertz CT molecular complexity index is 225. The molecule has 13 heavy (non-hydrogen) atoms. The molecule has 0 bridgehead atoms. The molecule has 0 unspecified atom stereocenters. The van der Waals surface area contributed by atoms with Crippen LogP contribution in [0, 0.1) is 6.92 Å². The van der Waals surface area contributed by atoms with E-state index in [1.54, 1.807) is 0 Å². The van der Waals surface area contributed by atoms with Gasteiger partial charge in [0, 0.05) is 5.75 Å². The first-order chi connectivity index (χ1) is 6.33. The standard InChI is InChI=1S/C12H18S/c1-3-4-9-13-10-12-7-5-11(2)6-8-12/h5-8H,3-4,9-10H2,1-2H3. The molecule has 1 aromatic carbocycles. The van der Waals surface area contributed by atoms with Crippen LogP contribution in [0.15, 0.2) is 24.3 Å². The van der Waals surface area contributed by atoms with E-state index in [0.29, 0.717) is 0 Å². The zero-order chi connectivity index (χ0) is 9.52.